The van der Waals surface area contributed by atoms with Crippen LogP contribution in [0, 0.1) is 0 Å². The zero-order valence-corrected chi connectivity index (χ0v) is 11.2. The Bertz CT molecular complexity index is 471. The molecule has 8 heteroatoms. The van der Waals surface area contributed by atoms with Crippen LogP contribution in [0.1, 0.15) is 0 Å². The van der Waals surface area contributed by atoms with E-state index in [1.807, 2.05) is 6.07 Å². The predicted molar refractivity (Wildman–Crippen MR) is 68.5 cm³/mol. The molecule has 1 aromatic heterocycles. The van der Waals surface area contributed by atoms with Crippen LogP contribution in [0.25, 0.3) is 0 Å². The molecule has 0 radical (unpaired) electrons. The zero-order valence-electron chi connectivity index (χ0n) is 11.2. The number of carbonyl (C=O) groups is 1. The first kappa shape index (κ1) is 15.8. The molecule has 1 aromatic rings. The molecule has 1 unspecified atom stereocenters. The Morgan fingerprint density at radius 2 is 1.81 bits per heavy atom. The highest BCUT2D eigenvalue weighted by molar-refractivity contribution is 5.74. The first-order chi connectivity index (χ1) is 10.0. The molecular formula is C13H19N2O6+. The van der Waals surface area contributed by atoms with E-state index in [0.29, 0.717) is 0 Å². The highest BCUT2D eigenvalue weighted by Crippen LogP contribution is 2.19. The minimum atomic E-state index is -1.51. The molecule has 1 saturated heterocycles. The average Bonchev–Trinajstić information content (AvgIpc) is 2.48. The third-order valence-electron chi connectivity index (χ3n) is 3.33. The second-order valence-corrected chi connectivity index (χ2v) is 4.87. The Morgan fingerprint density at radius 1 is 1.14 bits per heavy atom. The van der Waals surface area contributed by atoms with Crippen LogP contribution in [0.3, 0.4) is 0 Å². The summed E-state index contributed by atoms with van der Waals surface area (Å²) in [6.07, 6.45) is -2.04. The van der Waals surface area contributed by atoms with Crippen LogP contribution >= 0.6 is 0 Å². The van der Waals surface area contributed by atoms with Crippen molar-refractivity contribution in [3.63, 3.8) is 0 Å². The number of hydrogen-bond donors (Lipinski definition) is 5. The van der Waals surface area contributed by atoms with Gasteiger partial charge >= 0.3 is 0 Å². The Kier molecular flexibility index (Phi) is 5.21. The summed E-state index contributed by atoms with van der Waals surface area (Å²) in [7, 11) is 0. The summed E-state index contributed by atoms with van der Waals surface area (Å²) in [5, 5.41) is 40.8. The van der Waals surface area contributed by atoms with Gasteiger partial charge < -0.3 is 30.5 Å². The third-order valence-corrected chi connectivity index (χ3v) is 3.33. The zero-order chi connectivity index (χ0) is 15.4. The minimum Gasteiger partial charge on any atom is -0.394 e. The third kappa shape index (κ3) is 3.74. The van der Waals surface area contributed by atoms with Crippen LogP contribution in [-0.2, 0) is 16.1 Å². The standard InChI is InChI=1S/C13H18N2O6/c16-7-8-11(18)12(19)10(13(20)21-8)14-9(17)6-15-4-2-1-3-5-15/h1-5,8,10-13,16,18-20H,6-7H2/p+1/t8-,10-,11-,12-,13?/m1/s1. The van der Waals surface area contributed by atoms with Gasteiger partial charge in [0.15, 0.2) is 18.7 Å². The number of carbonyl (C=O) groups excluding carboxylic acids is 1. The lowest BCUT2D eigenvalue weighted by atomic mass is 9.97. The van der Waals surface area contributed by atoms with Crippen molar-refractivity contribution in [2.24, 2.45) is 0 Å². The van der Waals surface area contributed by atoms with E-state index >= 15 is 0 Å². The van der Waals surface area contributed by atoms with E-state index < -0.39 is 43.2 Å². The van der Waals surface area contributed by atoms with Crippen molar-refractivity contribution < 1.29 is 34.5 Å². The average molecular weight is 299 g/mol. The van der Waals surface area contributed by atoms with Crippen molar-refractivity contribution in [3.8, 4) is 0 Å². The molecule has 1 amide bonds. The molecule has 8 nitrogen and oxygen atoms in total. The first-order valence-electron chi connectivity index (χ1n) is 6.57. The lowest BCUT2D eigenvalue weighted by Crippen LogP contribution is -2.65. The lowest BCUT2D eigenvalue weighted by molar-refractivity contribution is -0.684. The van der Waals surface area contributed by atoms with Gasteiger partial charge in [-0.05, 0) is 0 Å². The van der Waals surface area contributed by atoms with Crippen LogP contribution in [0.4, 0.5) is 0 Å². The number of hydrogen-bond acceptors (Lipinski definition) is 6. The molecule has 5 N–H and O–H groups in total. The molecule has 1 aliphatic heterocycles. The molecule has 0 aromatic carbocycles. The molecule has 21 heavy (non-hydrogen) atoms. The maximum absolute atomic E-state index is 11.9. The Morgan fingerprint density at radius 3 is 2.43 bits per heavy atom. The van der Waals surface area contributed by atoms with Gasteiger partial charge in [0, 0.05) is 12.1 Å². The molecular weight excluding hydrogens is 280 g/mol. The summed E-state index contributed by atoms with van der Waals surface area (Å²) in [4.78, 5) is 11.9. The molecule has 0 bridgehead atoms. The van der Waals surface area contributed by atoms with Crippen LogP contribution in [0.2, 0.25) is 0 Å². The summed E-state index contributed by atoms with van der Waals surface area (Å²) in [6.45, 7) is -0.549. The smallest absolute Gasteiger partial charge is 0.286 e. The molecule has 0 spiro atoms. The lowest BCUT2D eigenvalue weighted by Gasteiger charge is -2.40. The van der Waals surface area contributed by atoms with Gasteiger partial charge in [-0.25, -0.2) is 0 Å². The van der Waals surface area contributed by atoms with E-state index in [0.717, 1.165) is 0 Å². The molecule has 2 heterocycles. The molecule has 2 rings (SSSR count). The molecule has 1 aliphatic rings. The number of ether oxygens (including phenoxy) is 1. The van der Waals surface area contributed by atoms with Crippen molar-refractivity contribution in [1.29, 1.82) is 0 Å². The largest absolute Gasteiger partial charge is 0.394 e. The topological polar surface area (TPSA) is 123 Å². The van der Waals surface area contributed by atoms with Gasteiger partial charge in [-0.2, -0.15) is 4.57 Å². The highest BCUT2D eigenvalue weighted by atomic mass is 16.6. The van der Waals surface area contributed by atoms with Crippen molar-refractivity contribution in [2.45, 2.75) is 37.2 Å². The Hall–Kier alpha value is -1.58. The maximum atomic E-state index is 11.9. The summed E-state index contributed by atoms with van der Waals surface area (Å²) in [6, 6.07) is 4.16. The number of rotatable bonds is 4. The van der Waals surface area contributed by atoms with Crippen LogP contribution in [-0.4, -0.2) is 63.6 Å². The Balaban J connectivity index is 1.96. The number of pyridine rings is 1. The van der Waals surface area contributed by atoms with Gasteiger partial charge in [0.2, 0.25) is 6.54 Å². The number of aliphatic hydroxyl groups excluding tert-OH is 4. The van der Waals surface area contributed by atoms with E-state index in [4.69, 9.17) is 9.84 Å². The number of amides is 1. The van der Waals surface area contributed by atoms with Gasteiger partial charge in [0.1, 0.15) is 24.4 Å². The number of aromatic nitrogens is 1. The van der Waals surface area contributed by atoms with Crippen molar-refractivity contribution >= 4 is 5.91 Å². The highest BCUT2D eigenvalue weighted by Gasteiger charge is 2.44. The van der Waals surface area contributed by atoms with Crippen LogP contribution < -0.4 is 9.88 Å². The van der Waals surface area contributed by atoms with Crippen molar-refractivity contribution in [2.75, 3.05) is 6.61 Å². The summed E-state index contributed by atoms with van der Waals surface area (Å²) < 4.78 is 6.57. The predicted octanol–water partition coefficient (Wildman–Crippen LogP) is -3.11. The SMILES string of the molecule is O=C(C[n+]1ccccc1)N[C@H]1C(O)O[C@H](CO)[C@@H](O)[C@@H]1O. The number of aliphatic hydroxyl groups is 4. The second kappa shape index (κ2) is 6.92. The minimum absolute atomic E-state index is 0.00367. The fraction of sp³-hybridized carbons (Fsp3) is 0.538. The normalized spacial score (nSPS) is 32.7. The fourth-order valence-electron chi connectivity index (χ4n) is 2.19. The summed E-state index contributed by atoms with van der Waals surface area (Å²) in [5.41, 5.74) is 0. The van der Waals surface area contributed by atoms with Gasteiger partial charge in [0.05, 0.1) is 6.61 Å². The Labute approximate surface area is 121 Å². The second-order valence-electron chi connectivity index (χ2n) is 4.87. The fourth-order valence-corrected chi connectivity index (χ4v) is 2.19. The summed E-state index contributed by atoms with van der Waals surface area (Å²) >= 11 is 0. The molecule has 0 aliphatic carbocycles. The molecule has 0 saturated carbocycles. The van der Waals surface area contributed by atoms with Gasteiger partial charge in [0.25, 0.3) is 5.91 Å². The van der Waals surface area contributed by atoms with E-state index in [1.54, 1.807) is 29.1 Å². The van der Waals surface area contributed by atoms with Crippen molar-refractivity contribution in [1.82, 2.24) is 5.32 Å². The van der Waals surface area contributed by atoms with Crippen LogP contribution in [0.5, 0.6) is 0 Å². The molecule has 5 atom stereocenters. The molecule has 1 fully saturated rings. The van der Waals surface area contributed by atoms with Gasteiger partial charge in [-0.3, -0.25) is 4.79 Å². The monoisotopic (exact) mass is 299 g/mol. The first-order valence-corrected chi connectivity index (χ1v) is 6.57. The number of nitrogens with zero attached hydrogens (tertiary/aromatic N) is 1. The van der Waals surface area contributed by atoms with E-state index in [9.17, 15) is 20.1 Å². The quantitative estimate of drug-likeness (QED) is 0.375. The van der Waals surface area contributed by atoms with Gasteiger partial charge in [-0.15, -0.1) is 0 Å². The molecule has 116 valence electrons. The van der Waals surface area contributed by atoms with Gasteiger partial charge in [-0.1, -0.05) is 6.07 Å². The maximum Gasteiger partial charge on any atom is 0.286 e. The van der Waals surface area contributed by atoms with Crippen molar-refractivity contribution in [3.05, 3.63) is 30.6 Å². The van der Waals surface area contributed by atoms with Crippen LogP contribution in [0.15, 0.2) is 30.6 Å². The summed E-state index contributed by atoms with van der Waals surface area (Å²) in [5.74, 6) is -0.451. The number of nitrogens with one attached hydrogen (secondary N) is 1. The van der Waals surface area contributed by atoms with E-state index in [2.05, 4.69) is 5.32 Å². The van der Waals surface area contributed by atoms with E-state index in [1.165, 1.54) is 0 Å². The van der Waals surface area contributed by atoms with E-state index in [-0.39, 0.29) is 6.54 Å².